The van der Waals surface area contributed by atoms with Gasteiger partial charge in [0, 0.05) is 19.1 Å². The predicted molar refractivity (Wildman–Crippen MR) is 24.0 cm³/mol. The van der Waals surface area contributed by atoms with Crippen molar-refractivity contribution in [2.45, 2.75) is 6.04 Å². The van der Waals surface area contributed by atoms with Crippen LogP contribution in [0, 0.1) is 0 Å². The Bertz CT molecular complexity index is 39.3. The summed E-state index contributed by atoms with van der Waals surface area (Å²) in [6, 6.07) is 0.324. The van der Waals surface area contributed by atoms with Crippen molar-refractivity contribution in [3.8, 4) is 0 Å². The molecule has 36 valence electrons. The molecule has 4 N–H and O–H groups in total. The molecular formula is C3H9N3. The Labute approximate surface area is 36.9 Å². The number of nitrogens with one attached hydrogen (secondary N) is 2. The zero-order valence-corrected chi connectivity index (χ0v) is 3.57. The lowest BCUT2D eigenvalue weighted by atomic mass is 10.4. The third-order valence-corrected chi connectivity index (χ3v) is 0.854. The Morgan fingerprint density at radius 2 is 1.83 bits per heavy atom. The molecule has 0 atom stereocenters. The first-order chi connectivity index (χ1) is 2.89. The standard InChI is InChI=1S/C3H9N3/c4-3-1-5-6-2-3/h3,5-6H,1-2,4H2. The van der Waals surface area contributed by atoms with Crippen LogP contribution in [0.2, 0.25) is 0 Å². The Hall–Kier alpha value is -0.120. The zero-order chi connectivity index (χ0) is 4.41. The third kappa shape index (κ3) is 0.680. The summed E-state index contributed by atoms with van der Waals surface area (Å²) in [5.74, 6) is 0. The van der Waals surface area contributed by atoms with Crippen LogP contribution in [-0.2, 0) is 0 Å². The molecule has 1 heterocycles. The molecule has 3 heteroatoms. The SMILES string of the molecule is NC1CNNC1. The van der Waals surface area contributed by atoms with Crippen molar-refractivity contribution < 1.29 is 0 Å². The van der Waals surface area contributed by atoms with E-state index in [9.17, 15) is 0 Å². The van der Waals surface area contributed by atoms with Crippen LogP contribution in [0.25, 0.3) is 0 Å². The average molecular weight is 87.1 g/mol. The van der Waals surface area contributed by atoms with Crippen molar-refractivity contribution in [1.82, 2.24) is 10.9 Å². The van der Waals surface area contributed by atoms with E-state index in [4.69, 9.17) is 5.73 Å². The molecule has 0 aromatic carbocycles. The molecule has 1 saturated heterocycles. The van der Waals surface area contributed by atoms with Gasteiger partial charge >= 0.3 is 0 Å². The summed E-state index contributed by atoms with van der Waals surface area (Å²) in [6.45, 7) is 1.81. The summed E-state index contributed by atoms with van der Waals surface area (Å²) < 4.78 is 0. The van der Waals surface area contributed by atoms with Gasteiger partial charge in [0.15, 0.2) is 0 Å². The molecule has 0 amide bonds. The monoisotopic (exact) mass is 87.1 g/mol. The van der Waals surface area contributed by atoms with E-state index < -0.39 is 0 Å². The topological polar surface area (TPSA) is 50.1 Å². The lowest BCUT2D eigenvalue weighted by Gasteiger charge is -1.90. The van der Waals surface area contributed by atoms with Gasteiger partial charge in [-0.3, -0.25) is 10.9 Å². The molecule has 0 aromatic rings. The summed E-state index contributed by atoms with van der Waals surface area (Å²) >= 11 is 0. The summed E-state index contributed by atoms with van der Waals surface area (Å²) in [4.78, 5) is 0. The fraction of sp³-hybridized carbons (Fsp3) is 1.00. The van der Waals surface area contributed by atoms with Gasteiger partial charge in [0.05, 0.1) is 0 Å². The highest BCUT2D eigenvalue weighted by atomic mass is 15.4. The molecule has 1 rings (SSSR count). The first kappa shape index (κ1) is 4.05. The summed E-state index contributed by atoms with van der Waals surface area (Å²) in [5.41, 5.74) is 11.2. The normalized spacial score (nSPS) is 25.5. The Balaban J connectivity index is 2.18. The van der Waals surface area contributed by atoms with Crippen molar-refractivity contribution in [3.63, 3.8) is 0 Å². The highest BCUT2D eigenvalue weighted by Gasteiger charge is 2.05. The van der Waals surface area contributed by atoms with Gasteiger partial charge in [-0.15, -0.1) is 0 Å². The number of rotatable bonds is 0. The van der Waals surface area contributed by atoms with Crippen molar-refractivity contribution >= 4 is 0 Å². The molecule has 0 spiro atoms. The van der Waals surface area contributed by atoms with Crippen LogP contribution in [-0.4, -0.2) is 19.1 Å². The van der Waals surface area contributed by atoms with Crippen molar-refractivity contribution in [2.75, 3.05) is 13.1 Å². The molecule has 1 aliphatic heterocycles. The van der Waals surface area contributed by atoms with Crippen LogP contribution < -0.4 is 16.6 Å². The fourth-order valence-corrected chi connectivity index (χ4v) is 0.479. The van der Waals surface area contributed by atoms with E-state index in [0.29, 0.717) is 6.04 Å². The molecule has 0 aliphatic carbocycles. The molecule has 0 saturated carbocycles. The van der Waals surface area contributed by atoms with Crippen LogP contribution in [0.3, 0.4) is 0 Å². The van der Waals surface area contributed by atoms with Crippen molar-refractivity contribution in [1.29, 1.82) is 0 Å². The summed E-state index contributed by atoms with van der Waals surface area (Å²) in [5, 5.41) is 0. The van der Waals surface area contributed by atoms with E-state index in [2.05, 4.69) is 10.9 Å². The average Bonchev–Trinajstić information content (AvgIpc) is 1.86. The maximum Gasteiger partial charge on any atom is 0.0320 e. The molecule has 0 radical (unpaired) electrons. The molecule has 1 fully saturated rings. The number of hydrogen-bond acceptors (Lipinski definition) is 3. The molecule has 1 aliphatic rings. The minimum atomic E-state index is 0.324. The lowest BCUT2D eigenvalue weighted by molar-refractivity contribution is 0.689. The van der Waals surface area contributed by atoms with Crippen LogP contribution in [0.1, 0.15) is 0 Å². The van der Waals surface area contributed by atoms with Crippen LogP contribution in [0.4, 0.5) is 0 Å². The minimum Gasteiger partial charge on any atom is -0.325 e. The van der Waals surface area contributed by atoms with Crippen LogP contribution in [0.15, 0.2) is 0 Å². The Morgan fingerprint density at radius 1 is 1.33 bits per heavy atom. The highest BCUT2D eigenvalue weighted by molar-refractivity contribution is 4.70. The summed E-state index contributed by atoms with van der Waals surface area (Å²) in [6.07, 6.45) is 0. The Kier molecular flexibility index (Phi) is 1.05. The van der Waals surface area contributed by atoms with E-state index in [1.165, 1.54) is 0 Å². The first-order valence-corrected chi connectivity index (χ1v) is 2.11. The van der Waals surface area contributed by atoms with Gasteiger partial charge < -0.3 is 5.73 Å². The molecule has 0 bridgehead atoms. The van der Waals surface area contributed by atoms with E-state index in [0.717, 1.165) is 13.1 Å². The van der Waals surface area contributed by atoms with Crippen LogP contribution in [0.5, 0.6) is 0 Å². The van der Waals surface area contributed by atoms with Gasteiger partial charge in [-0.1, -0.05) is 0 Å². The molecule has 0 unspecified atom stereocenters. The van der Waals surface area contributed by atoms with E-state index in [1.807, 2.05) is 0 Å². The second kappa shape index (κ2) is 1.55. The van der Waals surface area contributed by atoms with E-state index >= 15 is 0 Å². The van der Waals surface area contributed by atoms with Gasteiger partial charge in [-0.2, -0.15) is 0 Å². The maximum atomic E-state index is 5.41. The lowest BCUT2D eigenvalue weighted by Crippen LogP contribution is -2.24. The Morgan fingerprint density at radius 3 is 2.00 bits per heavy atom. The van der Waals surface area contributed by atoms with Gasteiger partial charge in [0.1, 0.15) is 0 Å². The first-order valence-electron chi connectivity index (χ1n) is 2.11. The smallest absolute Gasteiger partial charge is 0.0320 e. The van der Waals surface area contributed by atoms with Gasteiger partial charge in [0.25, 0.3) is 0 Å². The summed E-state index contributed by atoms with van der Waals surface area (Å²) in [7, 11) is 0. The van der Waals surface area contributed by atoms with Crippen molar-refractivity contribution in [3.05, 3.63) is 0 Å². The van der Waals surface area contributed by atoms with Gasteiger partial charge in [-0.25, -0.2) is 0 Å². The third-order valence-electron chi connectivity index (χ3n) is 0.854. The molecular weight excluding hydrogens is 78.1 g/mol. The van der Waals surface area contributed by atoms with Crippen LogP contribution >= 0.6 is 0 Å². The minimum absolute atomic E-state index is 0.324. The van der Waals surface area contributed by atoms with E-state index in [1.54, 1.807) is 0 Å². The molecule has 6 heavy (non-hydrogen) atoms. The number of hydrazine groups is 1. The fourth-order valence-electron chi connectivity index (χ4n) is 0.479. The largest absolute Gasteiger partial charge is 0.325 e. The number of hydrogen-bond donors (Lipinski definition) is 3. The second-order valence-electron chi connectivity index (χ2n) is 1.52. The van der Waals surface area contributed by atoms with Gasteiger partial charge in [-0.05, 0) is 0 Å². The molecule has 3 nitrogen and oxygen atoms in total. The maximum absolute atomic E-state index is 5.41. The van der Waals surface area contributed by atoms with Crippen molar-refractivity contribution in [2.24, 2.45) is 5.73 Å². The molecule has 0 aromatic heterocycles. The highest BCUT2D eigenvalue weighted by Crippen LogP contribution is 1.75. The predicted octanol–water partition coefficient (Wildman–Crippen LogP) is -1.58. The second-order valence-corrected chi connectivity index (χ2v) is 1.52. The quantitative estimate of drug-likeness (QED) is 0.334. The van der Waals surface area contributed by atoms with Gasteiger partial charge in [0.2, 0.25) is 0 Å². The van der Waals surface area contributed by atoms with E-state index in [-0.39, 0.29) is 0 Å². The number of nitrogens with two attached hydrogens (primary N) is 1. The zero-order valence-electron chi connectivity index (χ0n) is 3.57.